The summed E-state index contributed by atoms with van der Waals surface area (Å²) < 4.78 is 12.4. The van der Waals surface area contributed by atoms with E-state index in [4.69, 9.17) is 9.47 Å². The normalized spacial score (nSPS) is 14.1. The Hall–Kier alpha value is -3.32. The molecule has 1 saturated carbocycles. The van der Waals surface area contributed by atoms with Crippen molar-refractivity contribution in [2.45, 2.75) is 64.6 Å². The topological polar surface area (TPSA) is 67.9 Å². The van der Waals surface area contributed by atoms with Gasteiger partial charge in [-0.3, -0.25) is 9.59 Å². The van der Waals surface area contributed by atoms with Gasteiger partial charge in [0, 0.05) is 23.5 Å². The lowest BCUT2D eigenvalue weighted by molar-refractivity contribution is -0.143. The number of halogens is 1. The van der Waals surface area contributed by atoms with E-state index in [0.29, 0.717) is 17.9 Å². The maximum atomic E-state index is 13.9. The van der Waals surface area contributed by atoms with Crippen molar-refractivity contribution >= 4 is 27.7 Å². The zero-order valence-corrected chi connectivity index (χ0v) is 24.5. The van der Waals surface area contributed by atoms with Crippen LogP contribution in [0.4, 0.5) is 0 Å². The van der Waals surface area contributed by atoms with Crippen molar-refractivity contribution in [3.63, 3.8) is 0 Å². The molecule has 1 aliphatic carbocycles. The lowest BCUT2D eigenvalue weighted by Gasteiger charge is -2.32. The molecule has 1 N–H and O–H groups in total. The van der Waals surface area contributed by atoms with E-state index in [-0.39, 0.29) is 31.0 Å². The molecule has 0 aliphatic heterocycles. The minimum absolute atomic E-state index is 0.127. The maximum absolute atomic E-state index is 13.9. The Morgan fingerprint density at radius 1 is 0.949 bits per heavy atom. The van der Waals surface area contributed by atoms with Crippen LogP contribution in [-0.2, 0) is 22.6 Å². The van der Waals surface area contributed by atoms with E-state index in [1.807, 2.05) is 80.6 Å². The van der Waals surface area contributed by atoms with Crippen LogP contribution in [0.25, 0.3) is 0 Å². The highest BCUT2D eigenvalue weighted by atomic mass is 79.9. The third kappa shape index (κ3) is 7.85. The summed E-state index contributed by atoms with van der Waals surface area (Å²) in [5, 5.41) is 3.23. The van der Waals surface area contributed by atoms with Gasteiger partial charge in [0.25, 0.3) is 5.91 Å². The maximum Gasteiger partial charge on any atom is 0.261 e. The highest BCUT2D eigenvalue weighted by Crippen LogP contribution is 2.27. The number of nitrogens with zero attached hydrogens (tertiary/aromatic N) is 1. The number of hydrogen-bond donors (Lipinski definition) is 1. The van der Waals surface area contributed by atoms with Gasteiger partial charge in [0.2, 0.25) is 5.91 Å². The van der Waals surface area contributed by atoms with Crippen LogP contribution in [0.2, 0.25) is 0 Å². The third-order valence-corrected chi connectivity index (χ3v) is 8.48. The first kappa shape index (κ1) is 28.7. The van der Waals surface area contributed by atoms with Crippen molar-refractivity contribution in [3.8, 4) is 11.5 Å². The van der Waals surface area contributed by atoms with E-state index in [1.54, 1.807) is 12.0 Å². The van der Waals surface area contributed by atoms with Gasteiger partial charge in [-0.25, -0.2) is 0 Å². The molecular formula is C32H37BrN2O4. The lowest BCUT2D eigenvalue weighted by Crippen LogP contribution is -2.53. The van der Waals surface area contributed by atoms with Crippen LogP contribution in [0.5, 0.6) is 11.5 Å². The number of hydrogen-bond acceptors (Lipinski definition) is 4. The van der Waals surface area contributed by atoms with Crippen molar-refractivity contribution in [1.29, 1.82) is 0 Å². The largest absolute Gasteiger partial charge is 0.497 e. The standard InChI is InChI=1S/C32H37BrN2O4/c1-22-16-28(17-23(2)31(22)33)39-21-30(36)35(20-25-12-9-15-27(18-25)38-3)29(19-24-10-5-4-6-11-24)32(37)34-26-13-7-8-14-26/h4-6,9-12,15-18,26,29H,7-8,13-14,19-21H2,1-3H3,(H,34,37)/t29-/m1/s1. The van der Waals surface area contributed by atoms with Gasteiger partial charge < -0.3 is 19.7 Å². The Morgan fingerprint density at radius 2 is 1.62 bits per heavy atom. The van der Waals surface area contributed by atoms with E-state index in [2.05, 4.69) is 21.2 Å². The summed E-state index contributed by atoms with van der Waals surface area (Å²) in [4.78, 5) is 29.3. The zero-order chi connectivity index (χ0) is 27.8. The van der Waals surface area contributed by atoms with Gasteiger partial charge in [-0.1, -0.05) is 71.2 Å². The summed E-state index contributed by atoms with van der Waals surface area (Å²) in [7, 11) is 1.62. The Labute approximate surface area is 239 Å². The van der Waals surface area contributed by atoms with Gasteiger partial charge in [-0.2, -0.15) is 0 Å². The quantitative estimate of drug-likeness (QED) is 0.290. The van der Waals surface area contributed by atoms with E-state index >= 15 is 0 Å². The third-order valence-electron chi connectivity index (χ3n) is 7.23. The van der Waals surface area contributed by atoms with Crippen molar-refractivity contribution in [2.75, 3.05) is 13.7 Å². The van der Waals surface area contributed by atoms with Gasteiger partial charge >= 0.3 is 0 Å². The molecule has 3 aromatic rings. The molecule has 0 saturated heterocycles. The molecule has 0 radical (unpaired) electrons. The fourth-order valence-corrected chi connectivity index (χ4v) is 5.34. The number of carbonyl (C=O) groups is 2. The van der Waals surface area contributed by atoms with Gasteiger partial charge in [0.1, 0.15) is 17.5 Å². The summed E-state index contributed by atoms with van der Waals surface area (Å²) in [6.07, 6.45) is 4.57. The highest BCUT2D eigenvalue weighted by molar-refractivity contribution is 9.10. The molecule has 39 heavy (non-hydrogen) atoms. The molecule has 1 atom stereocenters. The minimum Gasteiger partial charge on any atom is -0.497 e. The van der Waals surface area contributed by atoms with Gasteiger partial charge in [0.05, 0.1) is 7.11 Å². The van der Waals surface area contributed by atoms with Crippen LogP contribution in [0.15, 0.2) is 71.2 Å². The first-order valence-electron chi connectivity index (χ1n) is 13.5. The van der Waals surface area contributed by atoms with Crippen LogP contribution in [0, 0.1) is 13.8 Å². The lowest BCUT2D eigenvalue weighted by atomic mass is 10.0. The number of carbonyl (C=O) groups excluding carboxylic acids is 2. The van der Waals surface area contributed by atoms with E-state index in [1.165, 1.54) is 0 Å². The van der Waals surface area contributed by atoms with Crippen molar-refractivity contribution in [3.05, 3.63) is 93.5 Å². The number of ether oxygens (including phenoxy) is 2. The monoisotopic (exact) mass is 592 g/mol. The molecule has 1 fully saturated rings. The molecule has 0 aromatic heterocycles. The smallest absolute Gasteiger partial charge is 0.261 e. The van der Waals surface area contributed by atoms with Crippen molar-refractivity contribution < 1.29 is 19.1 Å². The second-order valence-electron chi connectivity index (χ2n) is 10.2. The average Bonchev–Trinajstić information content (AvgIpc) is 3.45. The number of amides is 2. The van der Waals surface area contributed by atoms with Crippen molar-refractivity contribution in [2.24, 2.45) is 0 Å². The molecule has 4 rings (SSSR count). The number of nitrogens with one attached hydrogen (secondary N) is 1. The first-order valence-corrected chi connectivity index (χ1v) is 14.3. The highest BCUT2D eigenvalue weighted by Gasteiger charge is 2.32. The Morgan fingerprint density at radius 3 is 2.28 bits per heavy atom. The summed E-state index contributed by atoms with van der Waals surface area (Å²) in [5.41, 5.74) is 3.93. The number of methoxy groups -OCH3 is 1. The Balaban J connectivity index is 1.63. The molecular weight excluding hydrogens is 556 g/mol. The Kier molecular flexibility index (Phi) is 10.0. The number of rotatable bonds is 11. The number of benzene rings is 3. The second kappa shape index (κ2) is 13.7. The average molecular weight is 594 g/mol. The molecule has 1 aliphatic rings. The minimum atomic E-state index is -0.691. The van der Waals surface area contributed by atoms with Gasteiger partial charge in [-0.15, -0.1) is 0 Å². The molecule has 0 heterocycles. The molecule has 206 valence electrons. The van der Waals surface area contributed by atoms with E-state index < -0.39 is 6.04 Å². The first-order chi connectivity index (χ1) is 18.8. The van der Waals surface area contributed by atoms with Gasteiger partial charge in [-0.05, 0) is 73.2 Å². The van der Waals surface area contributed by atoms with E-state index in [9.17, 15) is 9.59 Å². The molecule has 0 spiro atoms. The van der Waals surface area contributed by atoms with Crippen LogP contribution in [0.3, 0.4) is 0 Å². The fraction of sp³-hybridized carbons (Fsp3) is 0.375. The number of aryl methyl sites for hydroxylation is 2. The fourth-order valence-electron chi connectivity index (χ4n) is 5.11. The van der Waals surface area contributed by atoms with E-state index in [0.717, 1.165) is 52.4 Å². The molecule has 2 amide bonds. The SMILES string of the molecule is COc1cccc(CN(C(=O)COc2cc(C)c(Br)c(C)c2)[C@H](Cc2ccccc2)C(=O)NC2CCCC2)c1. The molecule has 0 bridgehead atoms. The molecule has 6 nitrogen and oxygen atoms in total. The van der Waals surface area contributed by atoms with Crippen LogP contribution in [-0.4, -0.2) is 42.5 Å². The molecule has 3 aromatic carbocycles. The summed E-state index contributed by atoms with van der Waals surface area (Å²) in [5.74, 6) is 0.945. The Bertz CT molecular complexity index is 1250. The van der Waals surface area contributed by atoms with Crippen molar-refractivity contribution in [1.82, 2.24) is 10.2 Å². The molecule has 7 heteroatoms. The zero-order valence-electron chi connectivity index (χ0n) is 22.9. The van der Waals surface area contributed by atoms with Gasteiger partial charge in [0.15, 0.2) is 6.61 Å². The second-order valence-corrected chi connectivity index (χ2v) is 11.0. The summed E-state index contributed by atoms with van der Waals surface area (Å²) in [6.45, 7) is 4.06. The summed E-state index contributed by atoms with van der Waals surface area (Å²) >= 11 is 3.58. The molecule has 0 unspecified atom stereocenters. The predicted molar refractivity (Wildman–Crippen MR) is 157 cm³/mol. The summed E-state index contributed by atoms with van der Waals surface area (Å²) in [6, 6.07) is 20.7. The van der Waals surface area contributed by atoms with Crippen LogP contribution >= 0.6 is 15.9 Å². The van der Waals surface area contributed by atoms with Crippen LogP contribution < -0.4 is 14.8 Å². The predicted octanol–water partition coefficient (Wildman–Crippen LogP) is 6.15. The van der Waals surface area contributed by atoms with Crippen LogP contribution in [0.1, 0.15) is 47.9 Å².